The summed E-state index contributed by atoms with van der Waals surface area (Å²) in [5, 5.41) is 7.86. The lowest BCUT2D eigenvalue weighted by atomic mass is 9.99. The summed E-state index contributed by atoms with van der Waals surface area (Å²) in [6, 6.07) is 8.99. The van der Waals surface area contributed by atoms with Crippen LogP contribution in [-0.2, 0) is 29.6 Å². The number of carbonyl (C=O) groups is 3. The average molecular weight is 533 g/mol. The Morgan fingerprint density at radius 2 is 1.87 bits per heavy atom. The fraction of sp³-hybridized carbons (Fsp3) is 0.500. The maximum absolute atomic E-state index is 13.7. The SMILES string of the molecule is Cc1nc2n(n1)CCN(C(=O)c1cncn1C)CCCC(=O)N1CCCC[C@H]1C(=O)N[C@@H]2Cc1ccccc1. The number of imidazole rings is 1. The zero-order valence-electron chi connectivity index (χ0n) is 22.6. The molecule has 4 heterocycles. The Hall–Kier alpha value is -4.02. The first-order chi connectivity index (χ1) is 18.9. The molecule has 206 valence electrons. The lowest BCUT2D eigenvalue weighted by Crippen LogP contribution is -2.53. The Kier molecular flexibility index (Phi) is 8.04. The van der Waals surface area contributed by atoms with Crippen LogP contribution in [-0.4, -0.2) is 77.5 Å². The highest BCUT2D eigenvalue weighted by Crippen LogP contribution is 2.23. The predicted octanol–water partition coefficient (Wildman–Crippen LogP) is 2.04. The van der Waals surface area contributed by atoms with E-state index in [4.69, 9.17) is 4.98 Å². The Morgan fingerprint density at radius 1 is 1.05 bits per heavy atom. The second kappa shape index (κ2) is 11.8. The van der Waals surface area contributed by atoms with Crippen molar-refractivity contribution in [2.75, 3.05) is 19.6 Å². The van der Waals surface area contributed by atoms with Crippen LogP contribution in [0.5, 0.6) is 0 Å². The number of aromatic nitrogens is 5. The van der Waals surface area contributed by atoms with Gasteiger partial charge in [-0.15, -0.1) is 0 Å². The van der Waals surface area contributed by atoms with Gasteiger partial charge in [-0.3, -0.25) is 14.4 Å². The molecule has 39 heavy (non-hydrogen) atoms. The van der Waals surface area contributed by atoms with E-state index in [2.05, 4.69) is 15.4 Å². The molecule has 2 aromatic heterocycles. The number of benzene rings is 1. The van der Waals surface area contributed by atoms with Crippen molar-refractivity contribution in [2.24, 2.45) is 7.05 Å². The van der Waals surface area contributed by atoms with Gasteiger partial charge in [0, 0.05) is 33.1 Å². The number of aryl methyl sites for hydroxylation is 2. The summed E-state index contributed by atoms with van der Waals surface area (Å²) in [5.74, 6) is 0.904. The quantitative estimate of drug-likeness (QED) is 0.552. The van der Waals surface area contributed by atoms with Crippen LogP contribution in [0.25, 0.3) is 0 Å². The summed E-state index contributed by atoms with van der Waals surface area (Å²) in [5.41, 5.74) is 1.54. The van der Waals surface area contributed by atoms with Crippen LogP contribution in [0.1, 0.15) is 65.8 Å². The van der Waals surface area contributed by atoms with Crippen molar-refractivity contribution in [1.29, 1.82) is 0 Å². The average Bonchev–Trinajstić information content (AvgIpc) is 3.54. The molecule has 2 aliphatic heterocycles. The largest absolute Gasteiger partial charge is 0.344 e. The van der Waals surface area contributed by atoms with Crippen LogP contribution < -0.4 is 5.32 Å². The number of hydrogen-bond acceptors (Lipinski definition) is 6. The van der Waals surface area contributed by atoms with Crippen molar-refractivity contribution in [3.05, 3.63) is 65.8 Å². The molecule has 0 spiro atoms. The third kappa shape index (κ3) is 6.02. The summed E-state index contributed by atoms with van der Waals surface area (Å²) < 4.78 is 3.51. The molecule has 1 fully saturated rings. The topological polar surface area (TPSA) is 118 Å². The molecule has 0 unspecified atom stereocenters. The molecule has 2 aliphatic rings. The van der Waals surface area contributed by atoms with E-state index in [1.807, 2.05) is 41.9 Å². The van der Waals surface area contributed by atoms with Gasteiger partial charge in [-0.05, 0) is 44.6 Å². The van der Waals surface area contributed by atoms with Gasteiger partial charge in [0.05, 0.1) is 25.1 Å². The fourth-order valence-electron chi connectivity index (χ4n) is 5.54. The summed E-state index contributed by atoms with van der Waals surface area (Å²) in [6.45, 7) is 3.59. The number of piperidine rings is 1. The minimum atomic E-state index is -0.517. The van der Waals surface area contributed by atoms with Gasteiger partial charge in [0.15, 0.2) is 0 Å². The molecule has 3 aromatic rings. The molecule has 3 amide bonds. The van der Waals surface area contributed by atoms with E-state index in [1.165, 1.54) is 0 Å². The zero-order chi connectivity index (χ0) is 27.4. The number of nitrogens with one attached hydrogen (secondary N) is 1. The van der Waals surface area contributed by atoms with E-state index in [9.17, 15) is 14.4 Å². The molecule has 11 nitrogen and oxygen atoms in total. The molecule has 0 aliphatic carbocycles. The van der Waals surface area contributed by atoms with Gasteiger partial charge < -0.3 is 19.7 Å². The summed E-state index contributed by atoms with van der Waals surface area (Å²) >= 11 is 0. The van der Waals surface area contributed by atoms with Crippen LogP contribution in [0, 0.1) is 6.92 Å². The Bertz CT molecular complexity index is 1320. The first kappa shape index (κ1) is 26.6. The lowest BCUT2D eigenvalue weighted by Gasteiger charge is -2.36. The number of fused-ring (bicyclic) bond motifs is 2. The molecule has 5 rings (SSSR count). The van der Waals surface area contributed by atoms with Crippen molar-refractivity contribution in [2.45, 2.75) is 64.1 Å². The smallest absolute Gasteiger partial charge is 0.272 e. The van der Waals surface area contributed by atoms with Crippen LogP contribution in [0.4, 0.5) is 0 Å². The fourth-order valence-corrected chi connectivity index (χ4v) is 5.54. The van der Waals surface area contributed by atoms with Crippen LogP contribution in [0.3, 0.4) is 0 Å². The highest BCUT2D eigenvalue weighted by Gasteiger charge is 2.34. The van der Waals surface area contributed by atoms with Crippen LogP contribution in [0.2, 0.25) is 0 Å². The molecule has 1 aromatic carbocycles. The van der Waals surface area contributed by atoms with E-state index >= 15 is 0 Å². The first-order valence-corrected chi connectivity index (χ1v) is 13.7. The second-order valence-electron chi connectivity index (χ2n) is 10.4. The Labute approximate surface area is 228 Å². The van der Waals surface area contributed by atoms with Gasteiger partial charge >= 0.3 is 0 Å². The Morgan fingerprint density at radius 3 is 2.64 bits per heavy atom. The predicted molar refractivity (Wildman–Crippen MR) is 143 cm³/mol. The summed E-state index contributed by atoms with van der Waals surface area (Å²) in [4.78, 5) is 52.7. The number of carbonyl (C=O) groups excluding carboxylic acids is 3. The van der Waals surface area contributed by atoms with Crippen molar-refractivity contribution >= 4 is 17.7 Å². The van der Waals surface area contributed by atoms with E-state index in [0.29, 0.717) is 62.8 Å². The van der Waals surface area contributed by atoms with Gasteiger partial charge in [-0.2, -0.15) is 5.10 Å². The maximum atomic E-state index is 13.7. The minimum Gasteiger partial charge on any atom is -0.344 e. The Balaban J connectivity index is 1.50. The zero-order valence-corrected chi connectivity index (χ0v) is 22.6. The normalized spacial score (nSPS) is 21.1. The molecule has 1 N–H and O–H groups in total. The first-order valence-electron chi connectivity index (χ1n) is 13.7. The van der Waals surface area contributed by atoms with E-state index in [1.54, 1.807) is 33.9 Å². The molecular formula is C28H36N8O3. The number of rotatable bonds is 3. The maximum Gasteiger partial charge on any atom is 0.272 e. The molecule has 11 heteroatoms. The number of amides is 3. The molecule has 0 radical (unpaired) electrons. The van der Waals surface area contributed by atoms with E-state index < -0.39 is 12.1 Å². The highest BCUT2D eigenvalue weighted by atomic mass is 16.2. The van der Waals surface area contributed by atoms with Gasteiger partial charge in [0.1, 0.15) is 23.4 Å². The minimum absolute atomic E-state index is 0.0431. The highest BCUT2D eigenvalue weighted by molar-refractivity contribution is 5.92. The lowest BCUT2D eigenvalue weighted by molar-refractivity contribution is -0.142. The van der Waals surface area contributed by atoms with Gasteiger partial charge in [0.25, 0.3) is 5.91 Å². The molecule has 2 atom stereocenters. The van der Waals surface area contributed by atoms with E-state index in [-0.39, 0.29) is 24.1 Å². The summed E-state index contributed by atoms with van der Waals surface area (Å²) in [6.07, 6.45) is 6.89. The van der Waals surface area contributed by atoms with Crippen molar-refractivity contribution < 1.29 is 14.4 Å². The monoisotopic (exact) mass is 532 g/mol. The van der Waals surface area contributed by atoms with Crippen molar-refractivity contribution in [3.8, 4) is 0 Å². The van der Waals surface area contributed by atoms with Crippen molar-refractivity contribution in [1.82, 2.24) is 39.4 Å². The van der Waals surface area contributed by atoms with E-state index in [0.717, 1.165) is 18.4 Å². The number of nitrogens with zero attached hydrogens (tertiary/aromatic N) is 7. The summed E-state index contributed by atoms with van der Waals surface area (Å²) in [7, 11) is 1.79. The molecular weight excluding hydrogens is 496 g/mol. The second-order valence-corrected chi connectivity index (χ2v) is 10.4. The molecule has 0 saturated carbocycles. The van der Waals surface area contributed by atoms with Gasteiger partial charge in [-0.25, -0.2) is 14.6 Å². The molecule has 0 bridgehead atoms. The van der Waals surface area contributed by atoms with Crippen molar-refractivity contribution in [3.63, 3.8) is 0 Å². The van der Waals surface area contributed by atoms with Gasteiger partial charge in [-0.1, -0.05) is 30.3 Å². The van der Waals surface area contributed by atoms with Crippen LogP contribution in [0.15, 0.2) is 42.9 Å². The van der Waals surface area contributed by atoms with Crippen LogP contribution >= 0.6 is 0 Å². The number of hydrogen-bond donors (Lipinski definition) is 1. The third-order valence-corrected chi connectivity index (χ3v) is 7.57. The standard InChI is InChI=1S/C28H36N8O3/c1-20-30-26-22(17-21-9-4-3-5-10-21)31-27(38)23-11-6-7-14-35(23)25(37)12-8-13-34(15-16-36(26)32-20)28(39)24-18-29-19-33(24)2/h3-5,9-10,18-19,22-23H,6-8,11-17H2,1-2H3,(H,31,38)/t22-,23+/m1/s1. The van der Waals surface area contributed by atoms with Gasteiger partial charge in [0.2, 0.25) is 11.8 Å². The third-order valence-electron chi connectivity index (χ3n) is 7.57. The molecule has 1 saturated heterocycles.